The highest BCUT2D eigenvalue weighted by atomic mass is 16.5. The zero-order chi connectivity index (χ0) is 12.5. The minimum Gasteiger partial charge on any atom is -0.483 e. The first-order chi connectivity index (χ1) is 8.81. The summed E-state index contributed by atoms with van der Waals surface area (Å²) < 4.78 is 10.9. The van der Waals surface area contributed by atoms with Crippen molar-refractivity contribution in [2.45, 2.75) is 12.3 Å². The second kappa shape index (κ2) is 4.42. The van der Waals surface area contributed by atoms with E-state index in [1.165, 1.54) is 0 Å². The lowest BCUT2D eigenvalue weighted by Gasteiger charge is -2.30. The molecule has 1 amide bonds. The van der Waals surface area contributed by atoms with E-state index in [0.29, 0.717) is 12.5 Å². The largest absolute Gasteiger partial charge is 0.483 e. The van der Waals surface area contributed by atoms with E-state index in [1.807, 2.05) is 30.3 Å². The summed E-state index contributed by atoms with van der Waals surface area (Å²) in [5, 5.41) is 0. The molecule has 1 aromatic rings. The van der Waals surface area contributed by atoms with Gasteiger partial charge in [-0.3, -0.25) is 9.69 Å². The number of methoxy groups -OCH3 is 1. The average molecular weight is 246 g/mol. The fourth-order valence-electron chi connectivity index (χ4n) is 2.41. The van der Waals surface area contributed by atoms with Crippen LogP contribution in [-0.2, 0) is 14.3 Å². The van der Waals surface area contributed by atoms with Gasteiger partial charge in [-0.15, -0.1) is 0 Å². The molecule has 2 atom stereocenters. The molecule has 18 heavy (non-hydrogen) atoms. The number of amides is 1. The summed E-state index contributed by atoms with van der Waals surface area (Å²) in [5.74, 6) is 0.556. The highest BCUT2D eigenvalue weighted by Gasteiger charge is 2.44. The quantitative estimate of drug-likeness (QED) is 0.742. The maximum Gasteiger partial charge on any atom is 0.247 e. The number of hydrogen-bond donors (Lipinski definition) is 0. The average Bonchev–Trinajstić information content (AvgIpc) is 2.86. The second-order valence-electron chi connectivity index (χ2n) is 4.27. The lowest BCUT2D eigenvalue weighted by Crippen LogP contribution is -2.48. The van der Waals surface area contributed by atoms with Crippen LogP contribution in [0.1, 0.15) is 11.8 Å². The van der Waals surface area contributed by atoms with E-state index < -0.39 is 0 Å². The van der Waals surface area contributed by atoms with Crippen LogP contribution in [0.15, 0.2) is 35.3 Å². The lowest BCUT2D eigenvalue weighted by molar-refractivity contribution is -0.136. The number of hydrogen-bond acceptors (Lipinski definition) is 4. The molecule has 0 bridgehead atoms. The summed E-state index contributed by atoms with van der Waals surface area (Å²) in [6.07, 6.45) is -0.329. The van der Waals surface area contributed by atoms with E-state index in [4.69, 9.17) is 9.47 Å². The van der Waals surface area contributed by atoms with Gasteiger partial charge in [0, 0.05) is 5.56 Å². The molecular formula is C13H14N2O3. The Morgan fingerprint density at radius 2 is 2.17 bits per heavy atom. The Morgan fingerprint density at radius 3 is 2.89 bits per heavy atom. The van der Waals surface area contributed by atoms with Gasteiger partial charge in [0.2, 0.25) is 11.8 Å². The lowest BCUT2D eigenvalue weighted by atomic mass is 10.1. The smallest absolute Gasteiger partial charge is 0.247 e. The molecule has 3 rings (SSSR count). The number of carbonyl (C=O) groups excluding carboxylic acids is 1. The number of carbonyl (C=O) groups is 1. The van der Waals surface area contributed by atoms with Gasteiger partial charge in [0.05, 0.1) is 13.7 Å². The van der Waals surface area contributed by atoms with E-state index in [1.54, 1.807) is 12.0 Å². The van der Waals surface area contributed by atoms with Crippen molar-refractivity contribution in [1.29, 1.82) is 0 Å². The highest BCUT2D eigenvalue weighted by Crippen LogP contribution is 2.32. The van der Waals surface area contributed by atoms with E-state index in [9.17, 15) is 4.79 Å². The van der Waals surface area contributed by atoms with Crippen LogP contribution < -0.4 is 0 Å². The zero-order valence-corrected chi connectivity index (χ0v) is 10.1. The van der Waals surface area contributed by atoms with Crippen LogP contribution in [-0.4, -0.2) is 43.0 Å². The van der Waals surface area contributed by atoms with Gasteiger partial charge in [-0.05, 0) is 0 Å². The van der Waals surface area contributed by atoms with Crippen molar-refractivity contribution in [3.05, 3.63) is 35.9 Å². The molecule has 0 N–H and O–H groups in total. The van der Waals surface area contributed by atoms with Crippen molar-refractivity contribution >= 4 is 11.8 Å². The molecule has 0 saturated carbocycles. The summed E-state index contributed by atoms with van der Waals surface area (Å²) in [4.78, 5) is 17.9. The minimum atomic E-state index is -0.329. The van der Waals surface area contributed by atoms with Gasteiger partial charge in [0.1, 0.15) is 12.6 Å². The van der Waals surface area contributed by atoms with Crippen molar-refractivity contribution in [2.75, 3.05) is 20.3 Å². The SMILES string of the molecule is COC1=NCC(=O)N2[C@H]1CO[C@H]2c1ccccc1. The molecule has 94 valence electrons. The molecule has 2 aliphatic heterocycles. The topological polar surface area (TPSA) is 51.1 Å². The fourth-order valence-corrected chi connectivity index (χ4v) is 2.41. The molecule has 0 unspecified atom stereocenters. The van der Waals surface area contributed by atoms with Crippen LogP contribution in [0.3, 0.4) is 0 Å². The second-order valence-corrected chi connectivity index (χ2v) is 4.27. The van der Waals surface area contributed by atoms with E-state index in [0.717, 1.165) is 5.56 Å². The Hall–Kier alpha value is -1.88. The molecule has 5 nitrogen and oxygen atoms in total. The predicted octanol–water partition coefficient (Wildman–Crippen LogP) is 0.971. The third kappa shape index (κ3) is 1.67. The van der Waals surface area contributed by atoms with Crippen LogP contribution in [0, 0.1) is 0 Å². The number of rotatable bonds is 1. The molecule has 0 aliphatic carbocycles. The van der Waals surface area contributed by atoms with Crippen LogP contribution >= 0.6 is 0 Å². The molecule has 2 heterocycles. The first kappa shape index (κ1) is 11.2. The summed E-state index contributed by atoms with van der Waals surface area (Å²) in [7, 11) is 1.57. The first-order valence-corrected chi connectivity index (χ1v) is 5.87. The molecule has 1 saturated heterocycles. The van der Waals surface area contributed by atoms with E-state index in [-0.39, 0.29) is 24.7 Å². The Morgan fingerprint density at radius 1 is 1.39 bits per heavy atom. The van der Waals surface area contributed by atoms with Gasteiger partial charge in [0.25, 0.3) is 0 Å². The number of benzene rings is 1. The van der Waals surface area contributed by atoms with Gasteiger partial charge in [-0.25, -0.2) is 4.99 Å². The van der Waals surface area contributed by atoms with Crippen LogP contribution in [0.2, 0.25) is 0 Å². The number of aliphatic imine (C=N–C) groups is 1. The maximum atomic E-state index is 12.0. The molecule has 0 aromatic heterocycles. The van der Waals surface area contributed by atoms with Gasteiger partial charge >= 0.3 is 0 Å². The Kier molecular flexibility index (Phi) is 2.76. The molecule has 1 fully saturated rings. The molecule has 2 aliphatic rings. The molecule has 0 radical (unpaired) electrons. The van der Waals surface area contributed by atoms with Crippen molar-refractivity contribution < 1.29 is 14.3 Å². The summed E-state index contributed by atoms with van der Waals surface area (Å²) in [5.41, 5.74) is 0.978. The molecule has 0 spiro atoms. The van der Waals surface area contributed by atoms with E-state index >= 15 is 0 Å². The van der Waals surface area contributed by atoms with Crippen molar-refractivity contribution in [3.63, 3.8) is 0 Å². The third-order valence-corrected chi connectivity index (χ3v) is 3.24. The molecule has 1 aromatic carbocycles. The van der Waals surface area contributed by atoms with E-state index in [2.05, 4.69) is 4.99 Å². The summed E-state index contributed by atoms with van der Waals surface area (Å²) >= 11 is 0. The van der Waals surface area contributed by atoms with Gasteiger partial charge < -0.3 is 9.47 Å². The number of nitrogens with zero attached hydrogens (tertiary/aromatic N) is 2. The van der Waals surface area contributed by atoms with Gasteiger partial charge in [0.15, 0.2) is 6.23 Å². The van der Waals surface area contributed by atoms with Crippen LogP contribution in [0.25, 0.3) is 0 Å². The van der Waals surface area contributed by atoms with Crippen LogP contribution in [0.4, 0.5) is 0 Å². The van der Waals surface area contributed by atoms with Crippen LogP contribution in [0.5, 0.6) is 0 Å². The Balaban J connectivity index is 1.93. The number of ether oxygens (including phenoxy) is 2. The minimum absolute atomic E-state index is 0.0212. The van der Waals surface area contributed by atoms with Crippen molar-refractivity contribution in [1.82, 2.24) is 4.90 Å². The number of fused-ring (bicyclic) bond motifs is 1. The normalized spacial score (nSPS) is 26.8. The Labute approximate surface area is 105 Å². The van der Waals surface area contributed by atoms with Gasteiger partial charge in [-0.2, -0.15) is 0 Å². The first-order valence-electron chi connectivity index (χ1n) is 5.87. The summed E-state index contributed by atoms with van der Waals surface area (Å²) in [6, 6.07) is 9.53. The Bertz CT molecular complexity index is 486. The zero-order valence-electron chi connectivity index (χ0n) is 10.1. The fraction of sp³-hybridized carbons (Fsp3) is 0.385. The highest BCUT2D eigenvalue weighted by molar-refractivity contribution is 5.94. The predicted molar refractivity (Wildman–Crippen MR) is 65.1 cm³/mol. The third-order valence-electron chi connectivity index (χ3n) is 3.24. The van der Waals surface area contributed by atoms with Gasteiger partial charge in [-0.1, -0.05) is 30.3 Å². The standard InChI is InChI=1S/C13H14N2O3/c1-17-12-10-8-18-13(9-5-3-2-4-6-9)15(10)11(16)7-14-12/h2-6,10,13H,7-8H2,1H3/t10-,13-/m0/s1. The molecule has 5 heteroatoms. The molecular weight excluding hydrogens is 232 g/mol. The monoisotopic (exact) mass is 246 g/mol. The van der Waals surface area contributed by atoms with Crippen molar-refractivity contribution in [3.8, 4) is 0 Å². The van der Waals surface area contributed by atoms with Crippen molar-refractivity contribution in [2.24, 2.45) is 4.99 Å². The summed E-state index contributed by atoms with van der Waals surface area (Å²) in [6.45, 7) is 0.560. The maximum absolute atomic E-state index is 12.0.